The second-order valence-electron chi connectivity index (χ2n) is 4.80. The van der Waals surface area contributed by atoms with E-state index in [-0.39, 0.29) is 25.1 Å². The van der Waals surface area contributed by atoms with Gasteiger partial charge >= 0.3 is 5.97 Å². The Kier molecular flexibility index (Phi) is 4.59. The Balaban J connectivity index is 2.27. The summed E-state index contributed by atoms with van der Waals surface area (Å²) in [6, 6.07) is 5.60. The maximum absolute atomic E-state index is 12.5. The average molecular weight is 291 g/mol. The number of carboxylic acids is 1. The van der Waals surface area contributed by atoms with Crippen LogP contribution < -0.4 is 4.74 Å². The molecule has 6 heteroatoms. The number of carboxylic acid groups (broad SMARTS) is 1. The number of aliphatic carboxylic acids is 1. The monoisotopic (exact) mass is 291 g/mol. The normalized spacial score (nSPS) is 21.1. The summed E-state index contributed by atoms with van der Waals surface area (Å²) in [6.07, 6.45) is 0.772. The molecule has 1 saturated heterocycles. The molecular formula is C15H17NO5. The second kappa shape index (κ2) is 6.41. The molecule has 2 rings (SSSR count). The molecule has 2 atom stereocenters. The molecule has 1 aliphatic heterocycles. The van der Waals surface area contributed by atoms with Crippen molar-refractivity contribution in [3.8, 4) is 5.75 Å². The molecule has 6 nitrogen and oxygen atoms in total. The first kappa shape index (κ1) is 15.1. The van der Waals surface area contributed by atoms with E-state index in [4.69, 9.17) is 9.84 Å². The molecule has 1 aromatic carbocycles. The van der Waals surface area contributed by atoms with Crippen LogP contribution in [0.1, 0.15) is 16.8 Å². The quantitative estimate of drug-likeness (QED) is 0.787. The van der Waals surface area contributed by atoms with Gasteiger partial charge in [0.1, 0.15) is 18.4 Å². The molecule has 0 aromatic heterocycles. The van der Waals surface area contributed by atoms with E-state index in [1.54, 1.807) is 30.3 Å². The maximum Gasteiger partial charge on any atom is 0.326 e. The highest BCUT2D eigenvalue weighted by atomic mass is 16.5. The fraction of sp³-hybridized carbons (Fsp3) is 0.333. The van der Waals surface area contributed by atoms with E-state index in [9.17, 15) is 14.7 Å². The minimum absolute atomic E-state index is 0.00555. The Morgan fingerprint density at radius 1 is 1.43 bits per heavy atom. The molecular weight excluding hydrogens is 274 g/mol. The molecule has 21 heavy (non-hydrogen) atoms. The topological polar surface area (TPSA) is 87.1 Å². The first-order valence-electron chi connectivity index (χ1n) is 6.59. The largest absolute Gasteiger partial charge is 0.489 e. The lowest BCUT2D eigenvalue weighted by molar-refractivity contribution is -0.141. The van der Waals surface area contributed by atoms with Crippen LogP contribution in [0.15, 0.2) is 36.9 Å². The number of para-hydroxylation sites is 1. The summed E-state index contributed by atoms with van der Waals surface area (Å²) in [5.41, 5.74) is 0.278. The smallest absolute Gasteiger partial charge is 0.326 e. The number of β-amino-alcohol motifs (C(OH)–C–C–N with tert-alkyl or cyclic N) is 1. The summed E-state index contributed by atoms with van der Waals surface area (Å²) in [4.78, 5) is 24.9. The predicted molar refractivity (Wildman–Crippen MR) is 75.2 cm³/mol. The number of aliphatic hydroxyl groups is 1. The van der Waals surface area contributed by atoms with Crippen molar-refractivity contribution in [1.82, 2.24) is 4.90 Å². The molecule has 112 valence electrons. The molecule has 1 fully saturated rings. The third-order valence-corrected chi connectivity index (χ3v) is 3.30. The number of hydrogen-bond acceptors (Lipinski definition) is 4. The molecule has 1 aliphatic rings. The highest BCUT2D eigenvalue weighted by Gasteiger charge is 2.39. The zero-order chi connectivity index (χ0) is 15.4. The number of amides is 1. The standard InChI is InChI=1S/C15H17NO5/c1-2-7-21-13-6-4-3-5-11(13)14(18)16-9-10(17)8-12(16)15(19)20/h2-6,10,12,17H,1,7-9H2,(H,19,20)/t10-,12+/m1/s1. The van der Waals surface area contributed by atoms with Crippen LogP contribution in [0.4, 0.5) is 0 Å². The third kappa shape index (κ3) is 3.22. The number of ether oxygens (including phenoxy) is 1. The number of hydrogen-bond donors (Lipinski definition) is 2. The molecule has 1 aromatic rings. The Morgan fingerprint density at radius 3 is 2.81 bits per heavy atom. The summed E-state index contributed by atoms with van der Waals surface area (Å²) in [6.45, 7) is 3.79. The number of carbonyl (C=O) groups is 2. The van der Waals surface area contributed by atoms with Gasteiger partial charge in [0.2, 0.25) is 0 Å². The van der Waals surface area contributed by atoms with E-state index < -0.39 is 24.0 Å². The van der Waals surface area contributed by atoms with Crippen molar-refractivity contribution in [2.75, 3.05) is 13.2 Å². The fourth-order valence-corrected chi connectivity index (χ4v) is 2.34. The summed E-state index contributed by atoms with van der Waals surface area (Å²) in [7, 11) is 0. The zero-order valence-corrected chi connectivity index (χ0v) is 11.4. The molecule has 0 spiro atoms. The van der Waals surface area contributed by atoms with Crippen LogP contribution in [0, 0.1) is 0 Å². The van der Waals surface area contributed by atoms with Crippen LogP contribution >= 0.6 is 0 Å². The SMILES string of the molecule is C=CCOc1ccccc1C(=O)N1C[C@H](O)C[C@H]1C(=O)O. The van der Waals surface area contributed by atoms with Crippen molar-refractivity contribution in [2.24, 2.45) is 0 Å². The predicted octanol–water partition coefficient (Wildman–Crippen LogP) is 0.911. The fourth-order valence-electron chi connectivity index (χ4n) is 2.34. The summed E-state index contributed by atoms with van der Waals surface area (Å²) < 4.78 is 5.41. The zero-order valence-electron chi connectivity index (χ0n) is 11.4. The van der Waals surface area contributed by atoms with Crippen LogP contribution in [0.3, 0.4) is 0 Å². The van der Waals surface area contributed by atoms with Gasteiger partial charge in [-0.1, -0.05) is 24.8 Å². The highest BCUT2D eigenvalue weighted by molar-refractivity contribution is 5.99. The van der Waals surface area contributed by atoms with Gasteiger partial charge in [-0.15, -0.1) is 0 Å². The van der Waals surface area contributed by atoms with Crippen molar-refractivity contribution in [3.05, 3.63) is 42.5 Å². The molecule has 2 N–H and O–H groups in total. The first-order chi connectivity index (χ1) is 10.0. The van der Waals surface area contributed by atoms with Gasteiger partial charge in [-0.3, -0.25) is 4.79 Å². The van der Waals surface area contributed by atoms with Gasteiger partial charge in [0, 0.05) is 13.0 Å². The molecule has 0 radical (unpaired) electrons. The number of nitrogens with zero attached hydrogens (tertiary/aromatic N) is 1. The minimum Gasteiger partial charge on any atom is -0.489 e. The van der Waals surface area contributed by atoms with Crippen molar-refractivity contribution in [1.29, 1.82) is 0 Å². The molecule has 0 unspecified atom stereocenters. The van der Waals surface area contributed by atoms with Crippen LogP contribution in [-0.2, 0) is 4.79 Å². The van der Waals surface area contributed by atoms with Crippen molar-refractivity contribution < 1.29 is 24.5 Å². The second-order valence-corrected chi connectivity index (χ2v) is 4.80. The van der Waals surface area contributed by atoms with E-state index >= 15 is 0 Å². The van der Waals surface area contributed by atoms with Crippen LogP contribution in [-0.4, -0.2) is 52.3 Å². The first-order valence-corrected chi connectivity index (χ1v) is 6.59. The third-order valence-electron chi connectivity index (χ3n) is 3.30. The lowest BCUT2D eigenvalue weighted by atomic mass is 10.1. The lowest BCUT2D eigenvalue weighted by Gasteiger charge is -2.22. The maximum atomic E-state index is 12.5. The minimum atomic E-state index is -1.12. The Labute approximate surface area is 122 Å². The summed E-state index contributed by atoms with van der Waals surface area (Å²) >= 11 is 0. The van der Waals surface area contributed by atoms with Gasteiger partial charge in [-0.25, -0.2) is 4.79 Å². The Bertz CT molecular complexity index is 557. The van der Waals surface area contributed by atoms with Gasteiger partial charge in [0.15, 0.2) is 0 Å². The molecule has 0 saturated carbocycles. The Morgan fingerprint density at radius 2 is 2.14 bits per heavy atom. The van der Waals surface area contributed by atoms with E-state index in [1.807, 2.05) is 0 Å². The number of benzene rings is 1. The van der Waals surface area contributed by atoms with Crippen molar-refractivity contribution in [3.63, 3.8) is 0 Å². The van der Waals surface area contributed by atoms with Crippen molar-refractivity contribution in [2.45, 2.75) is 18.6 Å². The van der Waals surface area contributed by atoms with E-state index in [0.717, 1.165) is 0 Å². The summed E-state index contributed by atoms with van der Waals surface area (Å²) in [5.74, 6) is -1.21. The van der Waals surface area contributed by atoms with Gasteiger partial charge in [-0.2, -0.15) is 0 Å². The number of rotatable bonds is 5. The van der Waals surface area contributed by atoms with E-state index in [2.05, 4.69) is 6.58 Å². The van der Waals surface area contributed by atoms with Gasteiger partial charge in [-0.05, 0) is 12.1 Å². The van der Waals surface area contributed by atoms with Gasteiger partial charge < -0.3 is 19.8 Å². The highest BCUT2D eigenvalue weighted by Crippen LogP contribution is 2.25. The van der Waals surface area contributed by atoms with Crippen LogP contribution in [0.2, 0.25) is 0 Å². The molecule has 1 amide bonds. The van der Waals surface area contributed by atoms with Gasteiger partial charge in [0.05, 0.1) is 11.7 Å². The van der Waals surface area contributed by atoms with Crippen LogP contribution in [0.5, 0.6) is 5.75 Å². The molecule has 0 bridgehead atoms. The number of aliphatic hydroxyl groups excluding tert-OH is 1. The molecule has 1 heterocycles. The average Bonchev–Trinajstić information content (AvgIpc) is 2.87. The Hall–Kier alpha value is -2.34. The van der Waals surface area contributed by atoms with Crippen molar-refractivity contribution >= 4 is 11.9 Å². The number of carbonyl (C=O) groups excluding carboxylic acids is 1. The molecule has 0 aliphatic carbocycles. The number of likely N-dealkylation sites (tertiary alicyclic amines) is 1. The summed E-state index contributed by atoms with van der Waals surface area (Å²) in [5, 5.41) is 18.8. The van der Waals surface area contributed by atoms with E-state index in [0.29, 0.717) is 5.75 Å². The van der Waals surface area contributed by atoms with Gasteiger partial charge in [0.25, 0.3) is 5.91 Å². The van der Waals surface area contributed by atoms with Crippen LogP contribution in [0.25, 0.3) is 0 Å². The lowest BCUT2D eigenvalue weighted by Crippen LogP contribution is -2.40. The van der Waals surface area contributed by atoms with E-state index in [1.165, 1.54) is 4.90 Å².